The van der Waals surface area contributed by atoms with Crippen LogP contribution in [0.1, 0.15) is 158 Å². The number of hydrogen-bond acceptors (Lipinski definition) is 9. The molecule has 8 aromatic rings. The Kier molecular flexibility index (Phi) is 19.7. The second-order valence-corrected chi connectivity index (χ2v) is 21.7. The predicted molar refractivity (Wildman–Crippen MR) is 312 cm³/mol. The molecule has 0 aliphatic heterocycles. The number of thiophene rings is 2. The number of aliphatic carboxylic acids is 1. The van der Waals surface area contributed by atoms with Crippen molar-refractivity contribution in [2.24, 2.45) is 0 Å². The first-order valence-electron chi connectivity index (χ1n) is 27.5. The smallest absolute Gasteiger partial charge is 0.346 e. The minimum atomic E-state index is -1.25. The highest BCUT2D eigenvalue weighted by Gasteiger charge is 2.27. The van der Waals surface area contributed by atoms with E-state index in [0.717, 1.165) is 196 Å². The molecule has 4 aromatic carbocycles. The van der Waals surface area contributed by atoms with Crippen LogP contribution in [-0.4, -0.2) is 31.0 Å². The number of aromatic nitrogens is 4. The third kappa shape index (κ3) is 13.2. The summed E-state index contributed by atoms with van der Waals surface area (Å²) in [7, 11) is 0. The molecule has 0 spiro atoms. The summed E-state index contributed by atoms with van der Waals surface area (Å²) in [6.07, 6.45) is 23.0. The fraction of sp³-hybridized carbons (Fsp3) is 0.375. The van der Waals surface area contributed by atoms with E-state index in [0.29, 0.717) is 4.88 Å². The number of hydrogen-bond donors (Lipinski definition) is 1. The summed E-state index contributed by atoms with van der Waals surface area (Å²) in [6.45, 7) is 9.01. The van der Waals surface area contributed by atoms with Crippen molar-refractivity contribution in [2.75, 3.05) is 4.90 Å². The molecule has 4 aromatic heterocycles. The largest absolute Gasteiger partial charge is 0.477 e. The lowest BCUT2D eigenvalue weighted by molar-refractivity contribution is -0.132. The van der Waals surface area contributed by atoms with Crippen LogP contribution in [-0.2, 0) is 30.5 Å². The number of carboxylic acid groups (broad SMARTS) is 1. The molecule has 10 heteroatoms. The minimum Gasteiger partial charge on any atom is -0.477 e. The summed E-state index contributed by atoms with van der Waals surface area (Å²) in [4.78, 5) is 41.3. The number of anilines is 3. The highest BCUT2D eigenvalue weighted by molar-refractivity contribution is 7.19. The van der Waals surface area contributed by atoms with Crippen molar-refractivity contribution in [3.63, 3.8) is 0 Å². The van der Waals surface area contributed by atoms with E-state index in [2.05, 4.69) is 130 Å². The van der Waals surface area contributed by atoms with Crippen LogP contribution in [0.2, 0.25) is 0 Å². The summed E-state index contributed by atoms with van der Waals surface area (Å²) >= 11 is 3.22. The van der Waals surface area contributed by atoms with Gasteiger partial charge in [-0.3, -0.25) is 0 Å². The maximum absolute atomic E-state index is 12.1. The number of para-hydroxylation sites is 2. The van der Waals surface area contributed by atoms with Crippen molar-refractivity contribution in [3.8, 4) is 37.4 Å². The van der Waals surface area contributed by atoms with Crippen LogP contribution in [0.4, 0.5) is 17.1 Å². The first-order valence-corrected chi connectivity index (χ1v) is 29.1. The third-order valence-electron chi connectivity index (χ3n) is 13.9. The molecule has 8 rings (SSSR count). The van der Waals surface area contributed by atoms with Crippen LogP contribution in [0.3, 0.4) is 0 Å². The van der Waals surface area contributed by atoms with Crippen molar-refractivity contribution in [3.05, 3.63) is 142 Å². The quantitative estimate of drug-likeness (QED) is 0.0223. The Morgan fingerprint density at radius 1 is 0.486 bits per heavy atom. The molecule has 0 fully saturated rings. The van der Waals surface area contributed by atoms with Crippen LogP contribution in [0.25, 0.3) is 59.5 Å². The molecule has 0 saturated heterocycles. The van der Waals surface area contributed by atoms with Gasteiger partial charge in [-0.15, -0.1) is 22.7 Å². The standard InChI is InChI=1S/C64H72N6O2S2/c1-5-9-13-23-31-51-53(33-25-15-11-7-3)68-62-59(57-42-41-55(74-57)45-35-37-49(38-36-45)70(47-27-19-17-20-28-47)48-29-21-18-22-30-48)63-61(67-52(32-24-14-10-6-2)54(69-63)34-26-16-12-8-4)58(60(62)66-51)56-40-39-50(73-56)43-46(44-65)64(71)72/h17-22,27-30,35-43H,5-16,23-26,31-34H2,1-4H3,(H,71,72)/b46-43+. The molecule has 0 aliphatic rings. The molecule has 0 aliphatic carbocycles. The Labute approximate surface area is 447 Å². The lowest BCUT2D eigenvalue weighted by Crippen LogP contribution is -2.09. The molecular weight excluding hydrogens is 949 g/mol. The van der Waals surface area contributed by atoms with E-state index >= 15 is 0 Å². The average Bonchev–Trinajstić information content (AvgIpc) is 4.12. The van der Waals surface area contributed by atoms with E-state index in [1.54, 1.807) is 11.3 Å². The van der Waals surface area contributed by atoms with Gasteiger partial charge >= 0.3 is 5.97 Å². The SMILES string of the molecule is CCCCCCc1nc2c(-c3ccc(/C=C(\C#N)C(=O)O)s3)c3nc(CCCCCC)c(CCCCCC)nc3c(-c3ccc(-c4ccc(N(c5ccccc5)c5ccccc5)cc4)s3)c2nc1CCCCCC. The highest BCUT2D eigenvalue weighted by Crippen LogP contribution is 2.47. The number of rotatable bonds is 28. The van der Waals surface area contributed by atoms with Crippen LogP contribution in [0, 0.1) is 11.3 Å². The van der Waals surface area contributed by atoms with Gasteiger partial charge in [-0.25, -0.2) is 24.7 Å². The average molecular weight is 1020 g/mol. The summed E-state index contributed by atoms with van der Waals surface area (Å²) in [5, 5.41) is 19.6. The molecule has 0 unspecified atom stereocenters. The number of fused-ring (bicyclic) bond motifs is 2. The maximum atomic E-state index is 12.1. The zero-order valence-electron chi connectivity index (χ0n) is 44.0. The molecule has 0 amide bonds. The van der Waals surface area contributed by atoms with E-state index in [-0.39, 0.29) is 5.57 Å². The van der Waals surface area contributed by atoms with Gasteiger partial charge in [0.1, 0.15) is 33.7 Å². The predicted octanol–water partition coefficient (Wildman–Crippen LogP) is 18.6. The first-order chi connectivity index (χ1) is 36.3. The van der Waals surface area contributed by atoms with Crippen molar-refractivity contribution in [2.45, 2.75) is 156 Å². The highest BCUT2D eigenvalue weighted by atomic mass is 32.1. The van der Waals surface area contributed by atoms with Crippen molar-refractivity contribution < 1.29 is 9.90 Å². The second-order valence-electron chi connectivity index (χ2n) is 19.5. The molecule has 1 N–H and O–H groups in total. The second kappa shape index (κ2) is 27.1. The van der Waals surface area contributed by atoms with E-state index in [4.69, 9.17) is 19.9 Å². The normalized spacial score (nSPS) is 11.7. The van der Waals surface area contributed by atoms with Gasteiger partial charge in [0, 0.05) is 47.7 Å². The van der Waals surface area contributed by atoms with Crippen LogP contribution in [0.15, 0.2) is 115 Å². The lowest BCUT2D eigenvalue weighted by Gasteiger charge is -2.25. The Morgan fingerprint density at radius 2 is 0.865 bits per heavy atom. The summed E-state index contributed by atoms with van der Waals surface area (Å²) < 4.78 is 0. The zero-order chi connectivity index (χ0) is 51.7. The van der Waals surface area contributed by atoms with E-state index in [9.17, 15) is 15.2 Å². The fourth-order valence-electron chi connectivity index (χ4n) is 9.93. The number of benzene rings is 4. The molecule has 0 atom stereocenters. The Morgan fingerprint density at radius 3 is 1.26 bits per heavy atom. The minimum absolute atomic E-state index is 0.305. The van der Waals surface area contributed by atoms with Gasteiger partial charge in [0.25, 0.3) is 0 Å². The zero-order valence-corrected chi connectivity index (χ0v) is 45.6. The number of carbonyl (C=O) groups is 1. The van der Waals surface area contributed by atoms with Crippen LogP contribution >= 0.6 is 22.7 Å². The van der Waals surface area contributed by atoms with Gasteiger partial charge in [0.05, 0.1) is 22.8 Å². The van der Waals surface area contributed by atoms with E-state index in [1.165, 1.54) is 43.1 Å². The number of aryl methyl sites for hydroxylation is 4. The summed E-state index contributed by atoms with van der Waals surface area (Å²) in [6, 6.07) is 40.2. The van der Waals surface area contributed by atoms with Crippen LogP contribution in [0.5, 0.6) is 0 Å². The van der Waals surface area contributed by atoms with Gasteiger partial charge in [-0.2, -0.15) is 5.26 Å². The van der Waals surface area contributed by atoms with Gasteiger partial charge in [0.15, 0.2) is 0 Å². The Balaban J connectivity index is 1.37. The Bertz CT molecular complexity index is 3040. The van der Waals surface area contributed by atoms with E-state index in [1.807, 2.05) is 18.2 Å². The number of carboxylic acids is 1. The lowest BCUT2D eigenvalue weighted by atomic mass is 9.98. The number of nitriles is 1. The summed E-state index contributed by atoms with van der Waals surface area (Å²) in [5.74, 6) is -1.25. The number of nitrogens with zero attached hydrogens (tertiary/aromatic N) is 6. The Hall–Kier alpha value is -6.54. The van der Waals surface area contributed by atoms with E-state index < -0.39 is 5.97 Å². The van der Waals surface area contributed by atoms with Gasteiger partial charge in [-0.1, -0.05) is 153 Å². The van der Waals surface area contributed by atoms with Crippen molar-refractivity contribution in [1.82, 2.24) is 19.9 Å². The molecule has 0 bridgehead atoms. The maximum Gasteiger partial charge on any atom is 0.346 e. The van der Waals surface area contributed by atoms with Crippen molar-refractivity contribution >= 4 is 73.8 Å². The molecular formula is C64H72N6O2S2. The molecule has 74 heavy (non-hydrogen) atoms. The first kappa shape index (κ1) is 53.7. The molecule has 4 heterocycles. The van der Waals surface area contributed by atoms with Crippen molar-refractivity contribution in [1.29, 1.82) is 5.26 Å². The van der Waals surface area contributed by atoms with Gasteiger partial charge in [-0.05, 0) is 124 Å². The monoisotopic (exact) mass is 1020 g/mol. The van der Waals surface area contributed by atoms with Crippen LogP contribution < -0.4 is 4.90 Å². The topological polar surface area (TPSA) is 116 Å². The van der Waals surface area contributed by atoms with Gasteiger partial charge in [0.2, 0.25) is 0 Å². The molecule has 382 valence electrons. The third-order valence-corrected chi connectivity index (χ3v) is 16.1. The molecule has 0 saturated carbocycles. The fourth-order valence-corrected chi connectivity index (χ4v) is 12.0. The summed E-state index contributed by atoms with van der Waals surface area (Å²) in [5.41, 5.74) is 13.5. The number of unbranched alkanes of at least 4 members (excludes halogenated alkanes) is 12. The molecule has 8 nitrogen and oxygen atoms in total. The van der Waals surface area contributed by atoms with Gasteiger partial charge < -0.3 is 10.0 Å². The molecule has 0 radical (unpaired) electrons.